The smallest absolute Gasteiger partial charge is 0.320 e. The molecule has 2 amide bonds. The summed E-state index contributed by atoms with van der Waals surface area (Å²) in [6.07, 6.45) is 5.11. The van der Waals surface area contributed by atoms with E-state index >= 15 is 0 Å². The topological polar surface area (TPSA) is 97.6 Å². The Morgan fingerprint density at radius 2 is 2.14 bits per heavy atom. The van der Waals surface area contributed by atoms with Gasteiger partial charge in [0.2, 0.25) is 0 Å². The number of aryl methyl sites for hydroxylation is 1. The summed E-state index contributed by atoms with van der Waals surface area (Å²) in [6.45, 7) is 2.38. The number of carbonyl (C=O) groups is 1. The molecule has 3 aromatic rings. The van der Waals surface area contributed by atoms with Crippen molar-refractivity contribution >= 4 is 23.0 Å². The SMILES string of the molecule is CCNC(=O)Nc1cnc2ccc(-c3cnn(C)c3)nc2n1. The molecule has 0 aliphatic carbocycles. The molecule has 0 aromatic carbocycles. The molecule has 0 aliphatic heterocycles. The van der Waals surface area contributed by atoms with E-state index in [0.29, 0.717) is 23.5 Å². The van der Waals surface area contributed by atoms with Gasteiger partial charge in [0.25, 0.3) is 0 Å². The Kier molecular flexibility index (Phi) is 3.65. The minimum atomic E-state index is -0.320. The molecule has 0 saturated heterocycles. The van der Waals surface area contributed by atoms with Crippen molar-refractivity contribution in [3.63, 3.8) is 0 Å². The second kappa shape index (κ2) is 5.76. The summed E-state index contributed by atoms with van der Waals surface area (Å²) in [7, 11) is 1.85. The molecular weight excluding hydrogens is 282 g/mol. The molecule has 0 saturated carbocycles. The zero-order chi connectivity index (χ0) is 15.5. The lowest BCUT2D eigenvalue weighted by atomic mass is 10.2. The summed E-state index contributed by atoms with van der Waals surface area (Å²) < 4.78 is 1.71. The number of hydrogen-bond donors (Lipinski definition) is 2. The van der Waals surface area contributed by atoms with Crippen LogP contribution in [0.4, 0.5) is 10.6 Å². The van der Waals surface area contributed by atoms with E-state index in [-0.39, 0.29) is 6.03 Å². The number of rotatable bonds is 3. The number of aromatic nitrogens is 5. The molecule has 0 radical (unpaired) electrons. The van der Waals surface area contributed by atoms with Gasteiger partial charge in [0.15, 0.2) is 11.5 Å². The van der Waals surface area contributed by atoms with Gasteiger partial charge >= 0.3 is 6.03 Å². The van der Waals surface area contributed by atoms with Crippen molar-refractivity contribution in [1.29, 1.82) is 0 Å². The van der Waals surface area contributed by atoms with Crippen LogP contribution in [-0.2, 0) is 7.05 Å². The second-order valence-electron chi connectivity index (χ2n) is 4.68. The van der Waals surface area contributed by atoms with Crippen molar-refractivity contribution in [3.8, 4) is 11.3 Å². The quantitative estimate of drug-likeness (QED) is 0.764. The Morgan fingerprint density at radius 3 is 2.86 bits per heavy atom. The van der Waals surface area contributed by atoms with Crippen molar-refractivity contribution in [2.45, 2.75) is 6.92 Å². The van der Waals surface area contributed by atoms with Crippen molar-refractivity contribution < 1.29 is 4.79 Å². The summed E-state index contributed by atoms with van der Waals surface area (Å²) in [5, 5.41) is 9.38. The lowest BCUT2D eigenvalue weighted by Crippen LogP contribution is -2.28. The Labute approximate surface area is 126 Å². The highest BCUT2D eigenvalue weighted by molar-refractivity contribution is 5.89. The van der Waals surface area contributed by atoms with Gasteiger partial charge in [-0.15, -0.1) is 0 Å². The molecule has 0 aliphatic rings. The van der Waals surface area contributed by atoms with E-state index in [1.54, 1.807) is 10.9 Å². The molecule has 3 heterocycles. The summed E-state index contributed by atoms with van der Waals surface area (Å²) in [4.78, 5) is 24.6. The molecular formula is C14H15N7O. The van der Waals surface area contributed by atoms with Gasteiger partial charge in [-0.05, 0) is 19.1 Å². The Hall–Kier alpha value is -3.03. The van der Waals surface area contributed by atoms with E-state index in [1.165, 1.54) is 6.20 Å². The molecule has 3 rings (SSSR count). The van der Waals surface area contributed by atoms with E-state index in [4.69, 9.17) is 0 Å². The van der Waals surface area contributed by atoms with E-state index in [0.717, 1.165) is 11.3 Å². The van der Waals surface area contributed by atoms with Gasteiger partial charge in [-0.1, -0.05) is 0 Å². The standard InChI is InChI=1S/C14H15N7O/c1-3-15-14(22)20-12-7-16-11-5-4-10(18-13(11)19-12)9-6-17-21(2)8-9/h4-8H,3H2,1-2H3,(H2,15,18,19,20,22). The van der Waals surface area contributed by atoms with Crippen LogP contribution < -0.4 is 10.6 Å². The number of pyridine rings is 1. The van der Waals surface area contributed by atoms with Crippen LogP contribution in [0.2, 0.25) is 0 Å². The van der Waals surface area contributed by atoms with Gasteiger partial charge in [-0.25, -0.2) is 19.7 Å². The normalized spacial score (nSPS) is 10.6. The van der Waals surface area contributed by atoms with E-state index < -0.39 is 0 Å². The van der Waals surface area contributed by atoms with Crippen molar-refractivity contribution in [2.75, 3.05) is 11.9 Å². The lowest BCUT2D eigenvalue weighted by Gasteiger charge is -2.05. The van der Waals surface area contributed by atoms with Crippen LogP contribution in [0.1, 0.15) is 6.92 Å². The number of fused-ring (bicyclic) bond motifs is 1. The highest BCUT2D eigenvalue weighted by atomic mass is 16.2. The highest BCUT2D eigenvalue weighted by Crippen LogP contribution is 2.19. The van der Waals surface area contributed by atoms with Crippen LogP contribution >= 0.6 is 0 Å². The minimum Gasteiger partial charge on any atom is -0.338 e. The maximum Gasteiger partial charge on any atom is 0.320 e. The van der Waals surface area contributed by atoms with Gasteiger partial charge in [-0.2, -0.15) is 5.10 Å². The average Bonchev–Trinajstić information content (AvgIpc) is 2.93. The first kappa shape index (κ1) is 13.9. The molecule has 0 atom stereocenters. The van der Waals surface area contributed by atoms with Gasteiger partial charge in [0, 0.05) is 25.4 Å². The van der Waals surface area contributed by atoms with Gasteiger partial charge in [0.05, 0.1) is 18.1 Å². The van der Waals surface area contributed by atoms with Crippen LogP contribution in [0.25, 0.3) is 22.4 Å². The highest BCUT2D eigenvalue weighted by Gasteiger charge is 2.07. The number of amides is 2. The van der Waals surface area contributed by atoms with E-state index in [9.17, 15) is 4.79 Å². The number of anilines is 1. The number of nitrogens with one attached hydrogen (secondary N) is 2. The van der Waals surface area contributed by atoms with E-state index in [2.05, 4.69) is 30.7 Å². The monoisotopic (exact) mass is 297 g/mol. The maximum absolute atomic E-state index is 11.5. The second-order valence-corrected chi connectivity index (χ2v) is 4.68. The first-order valence-corrected chi connectivity index (χ1v) is 6.83. The molecule has 0 fully saturated rings. The van der Waals surface area contributed by atoms with Crippen LogP contribution in [0.15, 0.2) is 30.7 Å². The number of hydrogen-bond acceptors (Lipinski definition) is 5. The predicted octanol–water partition coefficient (Wildman–Crippen LogP) is 1.57. The van der Waals surface area contributed by atoms with Crippen LogP contribution in [0.5, 0.6) is 0 Å². The third-order valence-electron chi connectivity index (χ3n) is 2.99. The predicted molar refractivity (Wildman–Crippen MR) is 82.2 cm³/mol. The molecule has 8 nitrogen and oxygen atoms in total. The van der Waals surface area contributed by atoms with Crippen molar-refractivity contribution in [1.82, 2.24) is 30.0 Å². The van der Waals surface area contributed by atoms with Gasteiger partial charge in [0.1, 0.15) is 5.52 Å². The van der Waals surface area contributed by atoms with Crippen LogP contribution in [-0.4, -0.2) is 37.3 Å². The summed E-state index contributed by atoms with van der Waals surface area (Å²) in [5.74, 6) is 0.356. The fraction of sp³-hybridized carbons (Fsp3) is 0.214. The molecule has 0 unspecified atom stereocenters. The molecule has 22 heavy (non-hydrogen) atoms. The minimum absolute atomic E-state index is 0.320. The van der Waals surface area contributed by atoms with Crippen LogP contribution in [0, 0.1) is 0 Å². The molecule has 8 heteroatoms. The fourth-order valence-corrected chi connectivity index (χ4v) is 1.99. The first-order chi connectivity index (χ1) is 10.7. The summed E-state index contributed by atoms with van der Waals surface area (Å²) >= 11 is 0. The summed E-state index contributed by atoms with van der Waals surface area (Å²) in [5.41, 5.74) is 2.78. The zero-order valence-corrected chi connectivity index (χ0v) is 12.2. The summed E-state index contributed by atoms with van der Waals surface area (Å²) in [6, 6.07) is 3.39. The van der Waals surface area contributed by atoms with Gasteiger partial charge in [-0.3, -0.25) is 10.00 Å². The third kappa shape index (κ3) is 2.85. The lowest BCUT2D eigenvalue weighted by molar-refractivity contribution is 0.252. The molecule has 112 valence electrons. The van der Waals surface area contributed by atoms with Crippen LogP contribution in [0.3, 0.4) is 0 Å². The Bertz CT molecular complexity index is 827. The zero-order valence-electron chi connectivity index (χ0n) is 12.2. The number of urea groups is 1. The van der Waals surface area contributed by atoms with Crippen molar-refractivity contribution in [3.05, 3.63) is 30.7 Å². The van der Waals surface area contributed by atoms with Crippen molar-refractivity contribution in [2.24, 2.45) is 7.05 Å². The van der Waals surface area contributed by atoms with Gasteiger partial charge < -0.3 is 5.32 Å². The number of nitrogens with zero attached hydrogens (tertiary/aromatic N) is 5. The molecule has 2 N–H and O–H groups in total. The maximum atomic E-state index is 11.5. The third-order valence-corrected chi connectivity index (χ3v) is 2.99. The number of carbonyl (C=O) groups excluding carboxylic acids is 1. The fourth-order valence-electron chi connectivity index (χ4n) is 1.99. The molecule has 3 aromatic heterocycles. The first-order valence-electron chi connectivity index (χ1n) is 6.83. The Morgan fingerprint density at radius 1 is 1.27 bits per heavy atom. The largest absolute Gasteiger partial charge is 0.338 e. The Balaban J connectivity index is 1.94. The van der Waals surface area contributed by atoms with E-state index in [1.807, 2.05) is 32.3 Å². The molecule has 0 spiro atoms. The average molecular weight is 297 g/mol. The molecule has 0 bridgehead atoms.